The molecule has 4 rings (SSSR count). The number of carbonyl (C=O) groups is 1. The van der Waals surface area contributed by atoms with Gasteiger partial charge >= 0.3 is 0 Å². The smallest absolute Gasteiger partial charge is 0.222 e. The van der Waals surface area contributed by atoms with E-state index >= 15 is 0 Å². The number of fused-ring (bicyclic) bond motifs is 2. The molecule has 0 unspecified atom stereocenters. The summed E-state index contributed by atoms with van der Waals surface area (Å²) in [7, 11) is 2.13. The number of hydrogen-bond acceptors (Lipinski definition) is 5. The van der Waals surface area contributed by atoms with Gasteiger partial charge in [0, 0.05) is 45.3 Å². The maximum absolute atomic E-state index is 12.3. The number of carbonyl (C=O) groups excluding carboxylic acids is 1. The number of rotatable bonds is 6. The van der Waals surface area contributed by atoms with E-state index in [1.165, 1.54) is 0 Å². The number of hydrogen-bond donors (Lipinski definition) is 1. The number of aromatic amines is 1. The van der Waals surface area contributed by atoms with Gasteiger partial charge in [-0.15, -0.1) is 0 Å². The van der Waals surface area contributed by atoms with E-state index in [1.807, 2.05) is 12.3 Å². The Bertz CT molecular complexity index is 788. The van der Waals surface area contributed by atoms with Crippen LogP contribution < -0.4 is 4.90 Å². The summed E-state index contributed by atoms with van der Waals surface area (Å²) < 4.78 is 0. The average molecular weight is 354 g/mol. The first-order valence-electron chi connectivity index (χ1n) is 9.38. The van der Waals surface area contributed by atoms with Crippen molar-refractivity contribution in [1.82, 2.24) is 19.9 Å². The van der Waals surface area contributed by atoms with Crippen LogP contribution >= 0.6 is 0 Å². The van der Waals surface area contributed by atoms with Crippen LogP contribution in [0.5, 0.6) is 0 Å². The fourth-order valence-electron chi connectivity index (χ4n) is 4.60. The second-order valence-corrected chi connectivity index (χ2v) is 7.54. The van der Waals surface area contributed by atoms with E-state index in [9.17, 15) is 4.79 Å². The summed E-state index contributed by atoms with van der Waals surface area (Å²) >= 11 is 0. The van der Waals surface area contributed by atoms with Gasteiger partial charge in [0.25, 0.3) is 0 Å². The summed E-state index contributed by atoms with van der Waals surface area (Å²) in [5.41, 5.74) is 0.880. The third kappa shape index (κ3) is 3.06. The van der Waals surface area contributed by atoms with E-state index in [0.29, 0.717) is 30.8 Å². The van der Waals surface area contributed by atoms with Crippen molar-refractivity contribution in [1.29, 1.82) is 0 Å². The fraction of sp³-hybridized carbons (Fsp3) is 0.579. The number of aliphatic imine (C=N–C) groups is 1. The van der Waals surface area contributed by atoms with Crippen LogP contribution in [0.15, 0.2) is 23.6 Å². The molecular weight excluding hydrogens is 328 g/mol. The molecule has 0 aromatic carbocycles. The maximum atomic E-state index is 12.3. The maximum Gasteiger partial charge on any atom is 0.222 e. The SMILES string of the molecule is C=NCCCC(=O)N1C[C@H]2C[C@H](N(C)c3ncnc4[nH]ccc34)C[C@H]2C1. The average Bonchev–Trinajstić information content (AvgIpc) is 3.34. The Morgan fingerprint density at radius 2 is 2.15 bits per heavy atom. The van der Waals surface area contributed by atoms with Crippen LogP contribution in [0.3, 0.4) is 0 Å². The number of amides is 1. The van der Waals surface area contributed by atoms with Crippen molar-refractivity contribution in [3.05, 3.63) is 18.6 Å². The van der Waals surface area contributed by atoms with Crippen LogP contribution in [0, 0.1) is 11.8 Å². The zero-order chi connectivity index (χ0) is 18.1. The summed E-state index contributed by atoms with van der Waals surface area (Å²) in [5, 5.41) is 1.07. The first-order chi connectivity index (χ1) is 12.7. The van der Waals surface area contributed by atoms with Crippen molar-refractivity contribution in [2.45, 2.75) is 31.7 Å². The Hall–Kier alpha value is -2.44. The van der Waals surface area contributed by atoms with E-state index in [1.54, 1.807) is 6.33 Å². The van der Waals surface area contributed by atoms with Crippen LogP contribution in [-0.2, 0) is 4.79 Å². The van der Waals surface area contributed by atoms with E-state index < -0.39 is 0 Å². The van der Waals surface area contributed by atoms with Gasteiger partial charge in [0.15, 0.2) is 0 Å². The first-order valence-corrected chi connectivity index (χ1v) is 9.38. The van der Waals surface area contributed by atoms with Gasteiger partial charge in [-0.05, 0) is 43.9 Å². The van der Waals surface area contributed by atoms with Gasteiger partial charge in [-0.1, -0.05) is 0 Å². The highest BCUT2D eigenvalue weighted by Gasteiger charge is 2.43. The topological polar surface area (TPSA) is 77.5 Å². The Labute approximate surface area is 153 Å². The van der Waals surface area contributed by atoms with Gasteiger partial charge < -0.3 is 19.8 Å². The Morgan fingerprint density at radius 3 is 2.88 bits per heavy atom. The van der Waals surface area contributed by atoms with Crippen molar-refractivity contribution >= 4 is 29.5 Å². The highest BCUT2D eigenvalue weighted by atomic mass is 16.2. The minimum absolute atomic E-state index is 0.276. The molecule has 1 saturated heterocycles. The van der Waals surface area contributed by atoms with Crippen molar-refractivity contribution in [3.63, 3.8) is 0 Å². The monoisotopic (exact) mass is 354 g/mol. The van der Waals surface area contributed by atoms with E-state index in [2.05, 4.69) is 43.5 Å². The van der Waals surface area contributed by atoms with Gasteiger partial charge in [-0.25, -0.2) is 9.97 Å². The highest BCUT2D eigenvalue weighted by Crippen LogP contribution is 2.41. The Kier molecular flexibility index (Phi) is 4.61. The third-order valence-corrected chi connectivity index (χ3v) is 6.00. The molecule has 7 heteroatoms. The van der Waals surface area contributed by atoms with Crippen LogP contribution in [0.1, 0.15) is 25.7 Å². The van der Waals surface area contributed by atoms with Crippen LogP contribution in [0.2, 0.25) is 0 Å². The largest absolute Gasteiger partial charge is 0.356 e. The standard InChI is InChI=1S/C19H26N6O/c1-20-6-3-4-17(26)25-10-13-8-15(9-14(13)11-25)24(2)19-16-5-7-21-18(16)22-12-23-19/h5,7,12-15H,1,3-4,6,8-11H2,2H3,(H,21,22,23)/t13-,14+,15+. The van der Waals surface area contributed by atoms with Gasteiger partial charge in [0.1, 0.15) is 17.8 Å². The Morgan fingerprint density at radius 1 is 1.38 bits per heavy atom. The number of aromatic nitrogens is 3. The molecule has 7 nitrogen and oxygen atoms in total. The highest BCUT2D eigenvalue weighted by molar-refractivity contribution is 5.87. The fourth-order valence-corrected chi connectivity index (χ4v) is 4.60. The van der Waals surface area contributed by atoms with Crippen molar-refractivity contribution in [2.24, 2.45) is 16.8 Å². The lowest BCUT2D eigenvalue weighted by molar-refractivity contribution is -0.130. The number of likely N-dealkylation sites (tertiary alicyclic amines) is 1. The minimum atomic E-state index is 0.276. The molecule has 1 aliphatic carbocycles. The van der Waals surface area contributed by atoms with Gasteiger partial charge in [0.2, 0.25) is 5.91 Å². The summed E-state index contributed by atoms with van der Waals surface area (Å²) in [6.07, 6.45) is 7.17. The molecule has 2 aromatic rings. The summed E-state index contributed by atoms with van der Waals surface area (Å²) in [6, 6.07) is 2.51. The van der Waals surface area contributed by atoms with Crippen molar-refractivity contribution in [3.8, 4) is 0 Å². The molecule has 3 atom stereocenters. The molecule has 1 N–H and O–H groups in total. The Balaban J connectivity index is 1.38. The lowest BCUT2D eigenvalue weighted by Crippen LogP contribution is -2.34. The van der Waals surface area contributed by atoms with Crippen molar-refractivity contribution < 1.29 is 4.79 Å². The molecule has 2 aromatic heterocycles. The number of anilines is 1. The van der Waals surface area contributed by atoms with Crippen LogP contribution in [0.4, 0.5) is 5.82 Å². The molecule has 2 fully saturated rings. The van der Waals surface area contributed by atoms with E-state index in [-0.39, 0.29) is 5.91 Å². The third-order valence-electron chi connectivity index (χ3n) is 6.00. The normalized spacial score (nSPS) is 24.8. The molecule has 1 amide bonds. The van der Waals surface area contributed by atoms with Crippen LogP contribution in [0.25, 0.3) is 11.0 Å². The summed E-state index contributed by atoms with van der Waals surface area (Å²) in [4.78, 5) is 32.5. The molecule has 3 heterocycles. The second kappa shape index (κ2) is 7.05. The molecule has 0 spiro atoms. The van der Waals surface area contributed by atoms with E-state index in [0.717, 1.165) is 49.2 Å². The molecule has 0 radical (unpaired) electrons. The molecule has 1 saturated carbocycles. The van der Waals surface area contributed by atoms with Crippen molar-refractivity contribution in [2.75, 3.05) is 31.6 Å². The minimum Gasteiger partial charge on any atom is -0.356 e. The first kappa shape index (κ1) is 17.0. The zero-order valence-corrected chi connectivity index (χ0v) is 15.3. The predicted octanol–water partition coefficient (Wildman–Crippen LogP) is 2.11. The summed E-state index contributed by atoms with van der Waals surface area (Å²) in [5.74, 6) is 2.48. The lowest BCUT2D eigenvalue weighted by Gasteiger charge is -2.28. The van der Waals surface area contributed by atoms with E-state index in [4.69, 9.17) is 0 Å². The van der Waals surface area contributed by atoms with Gasteiger partial charge in [0.05, 0.1) is 5.39 Å². The predicted molar refractivity (Wildman–Crippen MR) is 103 cm³/mol. The number of nitrogens with one attached hydrogen (secondary N) is 1. The second-order valence-electron chi connectivity index (χ2n) is 7.54. The molecule has 1 aliphatic heterocycles. The molecule has 0 bridgehead atoms. The number of H-pyrrole nitrogens is 1. The lowest BCUT2D eigenvalue weighted by atomic mass is 10.0. The number of nitrogens with zero attached hydrogens (tertiary/aromatic N) is 5. The summed E-state index contributed by atoms with van der Waals surface area (Å²) in [6.45, 7) is 5.95. The molecular formula is C19H26N6O. The quantitative estimate of drug-likeness (QED) is 0.637. The molecule has 26 heavy (non-hydrogen) atoms. The molecule has 138 valence electrons. The van der Waals surface area contributed by atoms with Crippen LogP contribution in [-0.4, -0.2) is 65.2 Å². The van der Waals surface area contributed by atoms with Gasteiger partial charge in [-0.3, -0.25) is 4.79 Å². The molecule has 2 aliphatic rings. The van der Waals surface area contributed by atoms with Gasteiger partial charge in [-0.2, -0.15) is 0 Å². The zero-order valence-electron chi connectivity index (χ0n) is 15.3.